The molecule has 0 aliphatic carbocycles. The third-order valence-electron chi connectivity index (χ3n) is 3.99. The van der Waals surface area contributed by atoms with Gasteiger partial charge < -0.3 is 14.9 Å². The molecule has 0 saturated carbocycles. The van der Waals surface area contributed by atoms with E-state index in [-0.39, 0.29) is 5.92 Å². The Hall–Kier alpha value is -2.33. The smallest absolute Gasteiger partial charge is 0.137 e. The fourth-order valence-electron chi connectivity index (χ4n) is 2.71. The molecule has 22 heavy (non-hydrogen) atoms. The molecule has 0 saturated heterocycles. The molecule has 1 atom stereocenters. The fourth-order valence-corrected chi connectivity index (χ4v) is 2.71. The highest BCUT2D eigenvalue weighted by atomic mass is 16.5. The van der Waals surface area contributed by atoms with Crippen LogP contribution in [-0.2, 0) is 0 Å². The van der Waals surface area contributed by atoms with E-state index in [1.807, 2.05) is 24.3 Å². The van der Waals surface area contributed by atoms with Crippen molar-refractivity contribution in [1.29, 1.82) is 0 Å². The van der Waals surface area contributed by atoms with E-state index < -0.39 is 0 Å². The summed E-state index contributed by atoms with van der Waals surface area (Å²) in [5, 5.41) is 0. The first-order chi connectivity index (χ1) is 10.6. The highest BCUT2D eigenvalue weighted by Crippen LogP contribution is 2.31. The van der Waals surface area contributed by atoms with Gasteiger partial charge in [-0.25, -0.2) is 4.98 Å². The van der Waals surface area contributed by atoms with Crippen molar-refractivity contribution in [3.8, 4) is 17.0 Å². The van der Waals surface area contributed by atoms with E-state index in [4.69, 9.17) is 15.5 Å². The second-order valence-corrected chi connectivity index (χ2v) is 5.65. The van der Waals surface area contributed by atoms with Crippen molar-refractivity contribution in [3.05, 3.63) is 53.9 Å². The van der Waals surface area contributed by atoms with Crippen LogP contribution < -0.4 is 10.5 Å². The van der Waals surface area contributed by atoms with Crippen molar-refractivity contribution in [2.45, 2.75) is 19.8 Å². The van der Waals surface area contributed by atoms with Gasteiger partial charge >= 0.3 is 0 Å². The van der Waals surface area contributed by atoms with Crippen molar-refractivity contribution in [2.75, 3.05) is 13.7 Å². The van der Waals surface area contributed by atoms with Crippen LogP contribution >= 0.6 is 0 Å². The summed E-state index contributed by atoms with van der Waals surface area (Å²) in [5.74, 6) is 1.07. The zero-order valence-electron chi connectivity index (χ0n) is 13.2. The second kappa shape index (κ2) is 5.81. The van der Waals surface area contributed by atoms with E-state index in [0.717, 1.165) is 28.3 Å². The van der Waals surface area contributed by atoms with Crippen LogP contribution in [0.2, 0.25) is 0 Å². The molecule has 2 N–H and O–H groups in total. The molecule has 4 heteroatoms. The van der Waals surface area contributed by atoms with Gasteiger partial charge in [-0.05, 0) is 42.8 Å². The molecule has 0 fully saturated rings. The molecule has 4 nitrogen and oxygen atoms in total. The summed E-state index contributed by atoms with van der Waals surface area (Å²) in [6, 6.07) is 12.1. The van der Waals surface area contributed by atoms with Crippen LogP contribution in [-0.4, -0.2) is 23.0 Å². The average Bonchev–Trinajstić information content (AvgIpc) is 2.92. The van der Waals surface area contributed by atoms with Gasteiger partial charge in [-0.3, -0.25) is 0 Å². The largest absolute Gasteiger partial charge is 0.497 e. The van der Waals surface area contributed by atoms with Crippen molar-refractivity contribution in [3.63, 3.8) is 0 Å². The zero-order valence-corrected chi connectivity index (χ0v) is 13.2. The summed E-state index contributed by atoms with van der Waals surface area (Å²) in [6.07, 6.45) is 2.12. The highest BCUT2D eigenvalue weighted by molar-refractivity contribution is 5.68. The molecular formula is C18H21N3O. The summed E-state index contributed by atoms with van der Waals surface area (Å²) in [7, 11) is 1.67. The van der Waals surface area contributed by atoms with Crippen LogP contribution in [0, 0.1) is 6.92 Å². The number of nitrogens with zero attached hydrogens (tertiary/aromatic N) is 2. The minimum Gasteiger partial charge on any atom is -0.497 e. The maximum absolute atomic E-state index is 5.92. The highest BCUT2D eigenvalue weighted by Gasteiger charge is 2.18. The third-order valence-corrected chi connectivity index (χ3v) is 3.99. The predicted octanol–water partition coefficient (Wildman–Crippen LogP) is 3.38. The van der Waals surface area contributed by atoms with Gasteiger partial charge in [0, 0.05) is 24.2 Å². The molecule has 0 aliphatic rings. The Balaban J connectivity index is 2.22. The molecular weight excluding hydrogens is 274 g/mol. The van der Waals surface area contributed by atoms with E-state index >= 15 is 0 Å². The average molecular weight is 295 g/mol. The van der Waals surface area contributed by atoms with Gasteiger partial charge in [0.15, 0.2) is 0 Å². The number of pyridine rings is 1. The lowest BCUT2D eigenvalue weighted by Crippen LogP contribution is -2.12. The predicted molar refractivity (Wildman–Crippen MR) is 89.4 cm³/mol. The minimum atomic E-state index is 0.230. The number of hydrogen-bond acceptors (Lipinski definition) is 3. The van der Waals surface area contributed by atoms with Crippen molar-refractivity contribution >= 4 is 5.65 Å². The van der Waals surface area contributed by atoms with Gasteiger partial charge in [0.1, 0.15) is 11.4 Å². The number of hydrogen-bond donors (Lipinski definition) is 1. The lowest BCUT2D eigenvalue weighted by Gasteiger charge is -2.12. The molecule has 2 aromatic heterocycles. The molecule has 2 heterocycles. The summed E-state index contributed by atoms with van der Waals surface area (Å²) >= 11 is 0. The summed E-state index contributed by atoms with van der Waals surface area (Å²) < 4.78 is 7.39. The van der Waals surface area contributed by atoms with E-state index in [1.165, 1.54) is 5.56 Å². The van der Waals surface area contributed by atoms with Gasteiger partial charge in [-0.1, -0.05) is 13.0 Å². The van der Waals surface area contributed by atoms with Crippen LogP contribution in [0.5, 0.6) is 5.75 Å². The number of ether oxygens (including phenoxy) is 1. The number of rotatable bonds is 4. The molecule has 1 aromatic carbocycles. The Labute approximate surface area is 130 Å². The molecule has 0 radical (unpaired) electrons. The number of methoxy groups -OCH3 is 1. The van der Waals surface area contributed by atoms with E-state index in [0.29, 0.717) is 6.54 Å². The Morgan fingerprint density at radius 1 is 1.18 bits per heavy atom. The molecule has 114 valence electrons. The fraction of sp³-hybridized carbons (Fsp3) is 0.278. The minimum absolute atomic E-state index is 0.230. The van der Waals surface area contributed by atoms with Crippen molar-refractivity contribution in [1.82, 2.24) is 9.38 Å². The normalized spacial score (nSPS) is 12.5. The summed E-state index contributed by atoms with van der Waals surface area (Å²) in [6.45, 7) is 4.81. The summed E-state index contributed by atoms with van der Waals surface area (Å²) in [5.41, 5.74) is 11.3. The number of aryl methyl sites for hydroxylation is 1. The third kappa shape index (κ3) is 2.46. The molecule has 1 unspecified atom stereocenters. The van der Waals surface area contributed by atoms with E-state index in [1.54, 1.807) is 7.11 Å². The number of aromatic nitrogens is 2. The number of benzene rings is 1. The van der Waals surface area contributed by atoms with Crippen molar-refractivity contribution < 1.29 is 4.74 Å². The van der Waals surface area contributed by atoms with Crippen LogP contribution in [0.3, 0.4) is 0 Å². The lowest BCUT2D eigenvalue weighted by molar-refractivity contribution is 0.415. The van der Waals surface area contributed by atoms with E-state index in [2.05, 4.69) is 36.6 Å². The van der Waals surface area contributed by atoms with Crippen LogP contribution in [0.4, 0.5) is 0 Å². The van der Waals surface area contributed by atoms with Crippen molar-refractivity contribution in [2.24, 2.45) is 5.73 Å². The van der Waals surface area contributed by atoms with Crippen LogP contribution in [0.25, 0.3) is 16.9 Å². The first-order valence-electron chi connectivity index (χ1n) is 7.47. The second-order valence-electron chi connectivity index (χ2n) is 5.65. The Bertz CT molecular complexity index is 790. The molecule has 0 amide bonds. The molecule has 3 aromatic rings. The lowest BCUT2D eigenvalue weighted by atomic mass is 10.0. The van der Waals surface area contributed by atoms with E-state index in [9.17, 15) is 0 Å². The molecule has 0 bridgehead atoms. The topological polar surface area (TPSA) is 52.5 Å². The van der Waals surface area contributed by atoms with Gasteiger partial charge in [0.25, 0.3) is 0 Å². The van der Waals surface area contributed by atoms with Crippen LogP contribution in [0.1, 0.15) is 24.1 Å². The summed E-state index contributed by atoms with van der Waals surface area (Å²) in [4.78, 5) is 4.82. The van der Waals surface area contributed by atoms with Crippen LogP contribution in [0.15, 0.2) is 42.6 Å². The Kier molecular flexibility index (Phi) is 3.86. The first kappa shape index (κ1) is 14.6. The maximum Gasteiger partial charge on any atom is 0.137 e. The Morgan fingerprint density at radius 2 is 1.91 bits per heavy atom. The number of nitrogens with two attached hydrogens (primary N) is 1. The molecule has 0 spiro atoms. The molecule has 3 rings (SSSR count). The SMILES string of the molecule is COc1ccc(-c2nc3ccc(C)cn3c2C(C)CN)cc1. The van der Waals surface area contributed by atoms with Gasteiger partial charge in [-0.2, -0.15) is 0 Å². The number of fused-ring (bicyclic) bond motifs is 1. The maximum atomic E-state index is 5.92. The zero-order chi connectivity index (χ0) is 15.7. The van der Waals surface area contributed by atoms with Gasteiger partial charge in [0.05, 0.1) is 18.5 Å². The van der Waals surface area contributed by atoms with Gasteiger partial charge in [-0.15, -0.1) is 0 Å². The Morgan fingerprint density at radius 3 is 2.55 bits per heavy atom. The standard InChI is InChI=1S/C18H21N3O/c1-12-4-9-16-20-17(14-5-7-15(22-3)8-6-14)18(13(2)10-19)21(16)11-12/h4-9,11,13H,10,19H2,1-3H3. The van der Waals surface area contributed by atoms with Gasteiger partial charge in [0.2, 0.25) is 0 Å². The number of imidazole rings is 1. The first-order valence-corrected chi connectivity index (χ1v) is 7.47. The quantitative estimate of drug-likeness (QED) is 0.802. The molecule has 0 aliphatic heterocycles. The monoisotopic (exact) mass is 295 g/mol.